The minimum absolute atomic E-state index is 0.0534. The topological polar surface area (TPSA) is 105 Å². The largest absolute Gasteiger partial charge is 0.472 e. The maximum absolute atomic E-state index is 13.0. The number of aliphatic hydroxyl groups excluding tert-OH is 1. The van der Waals surface area contributed by atoms with Crippen molar-refractivity contribution in [3.8, 4) is 0 Å². The number of hydrogen-bond donors (Lipinski definition) is 3. The Morgan fingerprint density at radius 3 is 1.10 bits per heavy atom. The van der Waals surface area contributed by atoms with E-state index < -0.39 is 20.0 Å². The summed E-state index contributed by atoms with van der Waals surface area (Å²) in [5, 5.41) is 14.0. The van der Waals surface area contributed by atoms with Crippen LogP contribution in [-0.4, -0.2) is 73.4 Å². The molecule has 458 valence electrons. The average molecular weight is 1120 g/mol. The van der Waals surface area contributed by atoms with Crippen molar-refractivity contribution in [2.24, 2.45) is 0 Å². The number of nitrogens with one attached hydrogen (secondary N) is 1. The molecule has 0 aromatic rings. The molecule has 0 bridgehead atoms. The summed E-state index contributed by atoms with van der Waals surface area (Å²) in [4.78, 5) is 23.4. The van der Waals surface area contributed by atoms with Gasteiger partial charge in [0.2, 0.25) is 5.91 Å². The lowest BCUT2D eigenvalue weighted by Gasteiger charge is -2.25. The Kier molecular flexibility index (Phi) is 58.4. The van der Waals surface area contributed by atoms with Gasteiger partial charge < -0.3 is 19.8 Å². The molecule has 0 heterocycles. The van der Waals surface area contributed by atoms with Crippen molar-refractivity contribution in [3.63, 3.8) is 0 Å². The molecule has 0 saturated heterocycles. The van der Waals surface area contributed by atoms with E-state index in [1.54, 1.807) is 6.08 Å². The fourth-order valence-electron chi connectivity index (χ4n) is 9.93. The van der Waals surface area contributed by atoms with Crippen LogP contribution in [0.4, 0.5) is 0 Å². The Hall–Kier alpha value is -1.80. The van der Waals surface area contributed by atoms with Gasteiger partial charge >= 0.3 is 7.82 Å². The second-order valence-electron chi connectivity index (χ2n) is 24.2. The van der Waals surface area contributed by atoms with Crippen molar-refractivity contribution >= 4 is 13.7 Å². The summed E-state index contributed by atoms with van der Waals surface area (Å²) in [6, 6.07) is -0.872. The van der Waals surface area contributed by atoms with Crippen LogP contribution in [0.15, 0.2) is 60.8 Å². The summed E-state index contributed by atoms with van der Waals surface area (Å²) in [5.74, 6) is -0.187. The lowest BCUT2D eigenvalue weighted by Crippen LogP contribution is -2.45. The van der Waals surface area contributed by atoms with E-state index in [0.29, 0.717) is 17.4 Å². The third kappa shape index (κ3) is 61.8. The SMILES string of the molecule is CCCCCCC/C=C\C/C=C\CCCCCCCCCCCCCCCCCCCCCC(=O)NC(COP(=O)(O)OCC[N+](C)(C)C)C(O)/C=C/CC/C=C/CC/C=C/CCCCCCCCCCCCCCCCC. The number of phosphoric acid groups is 1. The highest BCUT2D eigenvalue weighted by molar-refractivity contribution is 7.47. The van der Waals surface area contributed by atoms with Gasteiger partial charge in [-0.3, -0.25) is 13.8 Å². The van der Waals surface area contributed by atoms with E-state index in [1.165, 1.54) is 250 Å². The number of allylic oxidation sites excluding steroid dienone is 9. The highest BCUT2D eigenvalue weighted by Crippen LogP contribution is 2.43. The maximum Gasteiger partial charge on any atom is 0.472 e. The minimum Gasteiger partial charge on any atom is -0.387 e. The minimum atomic E-state index is -4.37. The molecule has 0 radical (unpaired) electrons. The number of likely N-dealkylation sites (N-methyl/N-ethyl adjacent to an activating group) is 1. The number of carbonyl (C=O) groups excluding carboxylic acids is 1. The van der Waals surface area contributed by atoms with Crippen LogP contribution in [0.3, 0.4) is 0 Å². The summed E-state index contributed by atoms with van der Waals surface area (Å²) in [5.41, 5.74) is 0. The molecule has 3 unspecified atom stereocenters. The van der Waals surface area contributed by atoms with Gasteiger partial charge in [0.05, 0.1) is 39.9 Å². The summed E-state index contributed by atoms with van der Waals surface area (Å²) in [6.45, 7) is 4.82. The predicted octanol–water partition coefficient (Wildman–Crippen LogP) is 21.2. The van der Waals surface area contributed by atoms with Crippen molar-refractivity contribution in [1.82, 2.24) is 5.32 Å². The molecule has 0 fully saturated rings. The fraction of sp³-hybridized carbons (Fsp3) is 0.841. The molecule has 0 spiro atoms. The molecule has 0 aliphatic heterocycles. The van der Waals surface area contributed by atoms with E-state index in [0.717, 1.165) is 51.4 Å². The van der Waals surface area contributed by atoms with Crippen LogP contribution in [0, 0.1) is 0 Å². The number of amides is 1. The Morgan fingerprint density at radius 2 is 0.744 bits per heavy atom. The lowest BCUT2D eigenvalue weighted by atomic mass is 10.0. The van der Waals surface area contributed by atoms with Gasteiger partial charge in [-0.05, 0) is 77.0 Å². The molecule has 3 N–H and O–H groups in total. The lowest BCUT2D eigenvalue weighted by molar-refractivity contribution is -0.870. The smallest absolute Gasteiger partial charge is 0.387 e. The highest BCUT2D eigenvalue weighted by Gasteiger charge is 2.28. The first kappa shape index (κ1) is 76.2. The van der Waals surface area contributed by atoms with Crippen molar-refractivity contribution < 1.29 is 32.9 Å². The second-order valence-corrected chi connectivity index (χ2v) is 25.6. The number of unbranched alkanes of at least 4 members (excludes halogenated alkanes) is 41. The van der Waals surface area contributed by atoms with Crippen molar-refractivity contribution in [2.45, 2.75) is 334 Å². The molecule has 0 aromatic carbocycles. The Labute approximate surface area is 485 Å². The highest BCUT2D eigenvalue weighted by atomic mass is 31.2. The quantitative estimate of drug-likeness (QED) is 0.0243. The Bertz CT molecular complexity index is 1450. The van der Waals surface area contributed by atoms with E-state index in [2.05, 4.69) is 67.8 Å². The number of nitrogens with zero attached hydrogens (tertiary/aromatic N) is 1. The van der Waals surface area contributed by atoms with Gasteiger partial charge in [0.1, 0.15) is 13.2 Å². The van der Waals surface area contributed by atoms with Gasteiger partial charge in [-0.1, -0.05) is 299 Å². The zero-order valence-corrected chi connectivity index (χ0v) is 53.3. The van der Waals surface area contributed by atoms with E-state index in [1.807, 2.05) is 27.2 Å². The normalized spacial score (nSPS) is 14.1. The van der Waals surface area contributed by atoms with Crippen LogP contribution in [0.2, 0.25) is 0 Å². The average Bonchev–Trinajstić information content (AvgIpc) is 3.41. The standard InChI is InChI=1S/C69H131N2O6P/c1-6-8-10-12-14-16-18-20-22-24-26-28-30-32-33-34-35-36-37-39-41-43-45-47-49-51-53-55-57-59-61-63-69(73)70-67(66-77-78(74,75)76-65-64-71(3,4)5)68(72)62-60-58-56-54-52-50-48-46-44-42-40-38-31-29-27-25-23-21-19-17-15-13-11-9-7-2/h18,20,24,26,44,46,52,54,60,62,67-68,72H,6-17,19,21-23,25,27-43,45,47-51,53,55-59,61,63-66H2,1-5H3,(H-,70,73,74,75)/p+1/b20-18-,26-24-,46-44+,54-52+,62-60+. The Balaban J connectivity index is 4.13. The zero-order chi connectivity index (χ0) is 57.0. The molecular weight excluding hydrogens is 984 g/mol. The Morgan fingerprint density at radius 1 is 0.436 bits per heavy atom. The number of quaternary nitrogens is 1. The first-order chi connectivity index (χ1) is 38.0. The summed E-state index contributed by atoms with van der Waals surface area (Å²) in [6.07, 6.45) is 82.2. The molecular formula is C69H132N2O6P+. The van der Waals surface area contributed by atoms with Crippen LogP contribution in [-0.2, 0) is 18.4 Å². The molecule has 0 aromatic heterocycles. The van der Waals surface area contributed by atoms with Crippen LogP contribution >= 0.6 is 7.82 Å². The molecule has 1 amide bonds. The van der Waals surface area contributed by atoms with Gasteiger partial charge in [0, 0.05) is 6.42 Å². The van der Waals surface area contributed by atoms with Gasteiger partial charge in [-0.2, -0.15) is 0 Å². The molecule has 9 heteroatoms. The van der Waals surface area contributed by atoms with Gasteiger partial charge in [0.15, 0.2) is 0 Å². The molecule has 0 saturated carbocycles. The monoisotopic (exact) mass is 1120 g/mol. The third-order valence-electron chi connectivity index (χ3n) is 15.2. The van der Waals surface area contributed by atoms with E-state index in [-0.39, 0.29) is 19.1 Å². The van der Waals surface area contributed by atoms with Crippen LogP contribution in [0.1, 0.15) is 322 Å². The second kappa shape index (κ2) is 59.8. The first-order valence-electron chi connectivity index (χ1n) is 33.7. The third-order valence-corrected chi connectivity index (χ3v) is 16.2. The van der Waals surface area contributed by atoms with E-state index in [9.17, 15) is 19.4 Å². The van der Waals surface area contributed by atoms with Crippen molar-refractivity contribution in [2.75, 3.05) is 40.9 Å². The van der Waals surface area contributed by atoms with Gasteiger partial charge in [-0.15, -0.1) is 0 Å². The zero-order valence-electron chi connectivity index (χ0n) is 52.4. The fourth-order valence-corrected chi connectivity index (χ4v) is 10.7. The predicted molar refractivity (Wildman–Crippen MR) is 341 cm³/mol. The molecule has 3 atom stereocenters. The summed E-state index contributed by atoms with van der Waals surface area (Å²) in [7, 11) is 1.55. The van der Waals surface area contributed by atoms with Crippen LogP contribution in [0.5, 0.6) is 0 Å². The number of hydrogen-bond acceptors (Lipinski definition) is 5. The molecule has 0 rings (SSSR count). The van der Waals surface area contributed by atoms with Gasteiger partial charge in [0.25, 0.3) is 0 Å². The van der Waals surface area contributed by atoms with Crippen LogP contribution in [0.25, 0.3) is 0 Å². The number of carbonyl (C=O) groups is 1. The van der Waals surface area contributed by atoms with Crippen molar-refractivity contribution in [1.29, 1.82) is 0 Å². The summed E-state index contributed by atoms with van der Waals surface area (Å²) < 4.78 is 23.8. The number of aliphatic hydroxyl groups is 1. The molecule has 8 nitrogen and oxygen atoms in total. The van der Waals surface area contributed by atoms with Crippen molar-refractivity contribution in [3.05, 3.63) is 60.8 Å². The van der Waals surface area contributed by atoms with E-state index >= 15 is 0 Å². The molecule has 0 aliphatic carbocycles. The molecule has 0 aliphatic rings. The maximum atomic E-state index is 13.0. The first-order valence-corrected chi connectivity index (χ1v) is 35.2. The van der Waals surface area contributed by atoms with Crippen LogP contribution < -0.4 is 5.32 Å². The number of phosphoric ester groups is 1. The molecule has 78 heavy (non-hydrogen) atoms. The summed E-state index contributed by atoms with van der Waals surface area (Å²) >= 11 is 0. The van der Waals surface area contributed by atoms with Gasteiger partial charge in [-0.25, -0.2) is 4.57 Å². The number of rotatable bonds is 62. The van der Waals surface area contributed by atoms with E-state index in [4.69, 9.17) is 9.05 Å².